The second-order valence-corrected chi connectivity index (χ2v) is 4.24. The Morgan fingerprint density at radius 2 is 2.20 bits per heavy atom. The quantitative estimate of drug-likeness (QED) is 0.831. The van der Waals surface area contributed by atoms with Crippen molar-refractivity contribution < 1.29 is 19.4 Å². The van der Waals surface area contributed by atoms with Crippen LogP contribution in [0, 0.1) is 4.91 Å². The molecule has 0 atom stereocenters. The molecule has 1 aliphatic heterocycles. The fraction of sp³-hybridized carbons (Fsp3) is 0.500. The highest BCUT2D eigenvalue weighted by molar-refractivity contribution is 5.68. The van der Waals surface area contributed by atoms with Crippen LogP contribution in [0.25, 0.3) is 0 Å². The number of rotatable bonds is 5. The number of amides is 1. The van der Waals surface area contributed by atoms with Crippen LogP contribution in [-0.4, -0.2) is 40.6 Å². The van der Waals surface area contributed by atoms with E-state index in [0.717, 1.165) is 12.8 Å². The van der Waals surface area contributed by atoms with Crippen molar-refractivity contribution in [2.45, 2.75) is 19.8 Å². The third-order valence-corrected chi connectivity index (χ3v) is 2.81. The van der Waals surface area contributed by atoms with Crippen LogP contribution in [-0.2, 0) is 9.68 Å². The Labute approximate surface area is 116 Å². The summed E-state index contributed by atoms with van der Waals surface area (Å²) in [5.41, 5.74) is 2.72. The zero-order valence-electron chi connectivity index (χ0n) is 11.2. The van der Waals surface area contributed by atoms with Crippen molar-refractivity contribution in [3.8, 4) is 0 Å². The van der Waals surface area contributed by atoms with E-state index in [1.165, 1.54) is 18.3 Å². The molecule has 0 radical (unpaired) electrons. The van der Waals surface area contributed by atoms with Gasteiger partial charge in [0, 0.05) is 19.2 Å². The fourth-order valence-corrected chi connectivity index (χ4v) is 1.81. The van der Waals surface area contributed by atoms with E-state index in [2.05, 4.69) is 10.5 Å². The van der Waals surface area contributed by atoms with Crippen molar-refractivity contribution in [1.82, 2.24) is 9.88 Å². The second-order valence-electron chi connectivity index (χ2n) is 4.24. The highest BCUT2D eigenvalue weighted by atomic mass is 16.8. The Kier molecular flexibility index (Phi) is 4.70. The number of hydrogen-bond donors (Lipinski definition) is 1. The van der Waals surface area contributed by atoms with Gasteiger partial charge in [0.1, 0.15) is 6.20 Å². The molecular weight excluding hydrogens is 264 g/mol. The first kappa shape index (κ1) is 14.0. The summed E-state index contributed by atoms with van der Waals surface area (Å²) in [6.45, 7) is 3.42. The molecule has 2 heterocycles. The number of hydrogen-bond acceptors (Lipinski definition) is 6. The van der Waals surface area contributed by atoms with E-state index in [9.17, 15) is 9.70 Å². The lowest BCUT2D eigenvalue weighted by atomic mass is 10.4. The van der Waals surface area contributed by atoms with Gasteiger partial charge in [-0.1, -0.05) is 0 Å². The van der Waals surface area contributed by atoms with Gasteiger partial charge in [-0.05, 0) is 25.8 Å². The van der Waals surface area contributed by atoms with Gasteiger partial charge in [0.25, 0.3) is 4.92 Å². The Morgan fingerprint density at radius 1 is 1.45 bits per heavy atom. The summed E-state index contributed by atoms with van der Waals surface area (Å²) in [6, 6.07) is 3.04. The largest absolute Gasteiger partial charge is 0.434 e. The van der Waals surface area contributed by atoms with Gasteiger partial charge in [-0.2, -0.15) is 5.48 Å². The fourth-order valence-electron chi connectivity index (χ4n) is 1.81. The van der Waals surface area contributed by atoms with Crippen LogP contribution in [0.5, 0.6) is 0 Å². The highest BCUT2D eigenvalue weighted by Gasteiger charge is 2.20. The molecule has 1 fully saturated rings. The summed E-state index contributed by atoms with van der Waals surface area (Å²) < 4.78 is 0. The summed E-state index contributed by atoms with van der Waals surface area (Å²) in [4.78, 5) is 38.6. The maximum absolute atomic E-state index is 11.6. The minimum Gasteiger partial charge on any atom is -0.323 e. The summed E-state index contributed by atoms with van der Waals surface area (Å²) in [6.07, 6.45) is 2.90. The number of likely N-dealkylation sites (tertiary alicyclic amines) is 1. The lowest BCUT2D eigenvalue weighted by molar-refractivity contribution is -0.744. The predicted molar refractivity (Wildman–Crippen MR) is 70.1 cm³/mol. The first-order valence-electron chi connectivity index (χ1n) is 6.48. The van der Waals surface area contributed by atoms with E-state index < -0.39 is 6.09 Å². The number of carbonyl (C=O) groups is 1. The predicted octanol–water partition coefficient (Wildman–Crippen LogP) is 2.00. The molecule has 0 spiro atoms. The van der Waals surface area contributed by atoms with Crippen molar-refractivity contribution in [2.24, 2.45) is 0 Å². The number of carbonyl (C=O) groups excluding carboxylic acids is 1. The number of pyridine rings is 1. The van der Waals surface area contributed by atoms with Gasteiger partial charge < -0.3 is 9.74 Å². The summed E-state index contributed by atoms with van der Waals surface area (Å²) in [5.74, 6) is 0.339. The van der Waals surface area contributed by atoms with Crippen molar-refractivity contribution in [3.05, 3.63) is 23.2 Å². The third-order valence-electron chi connectivity index (χ3n) is 2.81. The van der Waals surface area contributed by atoms with Crippen LogP contribution in [0.15, 0.2) is 18.3 Å². The van der Waals surface area contributed by atoms with Crippen LogP contribution in [0.3, 0.4) is 0 Å². The maximum atomic E-state index is 11.6. The first-order valence-corrected chi connectivity index (χ1v) is 6.48. The van der Waals surface area contributed by atoms with Crippen LogP contribution >= 0.6 is 0 Å². The molecule has 0 unspecified atom stereocenters. The summed E-state index contributed by atoms with van der Waals surface area (Å²) in [5, 5.41) is 0. The lowest BCUT2D eigenvalue weighted by Gasteiger charge is -2.14. The molecule has 0 aliphatic carbocycles. The Bertz CT molecular complexity index is 471. The van der Waals surface area contributed by atoms with Crippen molar-refractivity contribution in [1.29, 1.82) is 0 Å². The van der Waals surface area contributed by atoms with E-state index in [4.69, 9.17) is 9.68 Å². The van der Waals surface area contributed by atoms with Gasteiger partial charge in [-0.15, -0.1) is 0 Å². The monoisotopic (exact) mass is 281 g/mol. The van der Waals surface area contributed by atoms with E-state index in [1.54, 1.807) is 11.8 Å². The number of aromatic nitrogens is 1. The Hall–Kier alpha value is -2.38. The molecular formula is C12H17N4O4+. The number of nitrogens with one attached hydrogen (secondary N) is 1. The van der Waals surface area contributed by atoms with Crippen molar-refractivity contribution in [2.75, 3.05) is 25.2 Å². The minimum absolute atomic E-state index is 0.267. The number of nitrogens with zero attached hydrogens (tertiary/aromatic N) is 3. The molecule has 1 aromatic rings. The van der Waals surface area contributed by atoms with Crippen LogP contribution in [0.4, 0.5) is 16.3 Å². The molecule has 8 nitrogen and oxygen atoms in total. The van der Waals surface area contributed by atoms with Crippen molar-refractivity contribution >= 4 is 17.6 Å². The van der Waals surface area contributed by atoms with Crippen LogP contribution in [0.1, 0.15) is 19.8 Å². The smallest absolute Gasteiger partial charge is 0.323 e. The van der Waals surface area contributed by atoms with E-state index in [1.807, 2.05) is 0 Å². The van der Waals surface area contributed by atoms with Gasteiger partial charge in [0.2, 0.25) is 0 Å². The van der Waals surface area contributed by atoms with E-state index >= 15 is 0 Å². The minimum atomic E-state index is -0.423. The van der Waals surface area contributed by atoms with Gasteiger partial charge in [-0.3, -0.25) is 0 Å². The molecule has 2 rings (SSSR count). The zero-order valence-corrected chi connectivity index (χ0v) is 11.2. The molecule has 1 N–H and O–H groups in total. The standard InChI is InChI=1S/C12H17N4O4/c1-2-19-16(18)10-5-6-11(13-9-10)14-20-12(17)15-7-3-4-8-15/h5-6,9H,2-4,7-8H2,1H3,(H,13,14)/q+1. The normalized spacial score (nSPS) is 13.9. The molecule has 0 saturated carbocycles. The Morgan fingerprint density at radius 3 is 2.80 bits per heavy atom. The van der Waals surface area contributed by atoms with Crippen molar-refractivity contribution in [3.63, 3.8) is 0 Å². The average molecular weight is 281 g/mol. The van der Waals surface area contributed by atoms with Gasteiger partial charge in [-0.25, -0.2) is 14.6 Å². The average Bonchev–Trinajstić information content (AvgIpc) is 3.00. The molecule has 1 saturated heterocycles. The maximum Gasteiger partial charge on any atom is 0.434 e. The number of anilines is 1. The SMILES string of the molecule is CCO[N+](=O)c1ccc(NOC(=O)N2CCCC2)nc1. The third kappa shape index (κ3) is 3.56. The van der Waals surface area contributed by atoms with Gasteiger partial charge in [0.05, 0.1) is 4.91 Å². The zero-order chi connectivity index (χ0) is 14.4. The molecule has 1 aliphatic rings. The van der Waals surface area contributed by atoms with E-state index in [-0.39, 0.29) is 12.3 Å². The van der Waals surface area contributed by atoms with Gasteiger partial charge in [0.15, 0.2) is 12.4 Å². The molecule has 1 amide bonds. The van der Waals surface area contributed by atoms with E-state index in [0.29, 0.717) is 23.8 Å². The summed E-state index contributed by atoms with van der Waals surface area (Å²) in [7, 11) is 0. The van der Waals surface area contributed by atoms with Crippen LogP contribution < -0.4 is 5.48 Å². The highest BCUT2D eigenvalue weighted by Crippen LogP contribution is 2.14. The van der Waals surface area contributed by atoms with Gasteiger partial charge >= 0.3 is 11.8 Å². The molecule has 8 heteroatoms. The molecule has 0 bridgehead atoms. The first-order chi connectivity index (χ1) is 9.70. The molecule has 0 aromatic carbocycles. The molecule has 20 heavy (non-hydrogen) atoms. The van der Waals surface area contributed by atoms with Crippen LogP contribution in [0.2, 0.25) is 0 Å². The second kappa shape index (κ2) is 6.69. The lowest BCUT2D eigenvalue weighted by Crippen LogP contribution is -2.30. The topological polar surface area (TPSA) is 83.8 Å². The summed E-state index contributed by atoms with van der Waals surface area (Å²) >= 11 is 0. The Balaban J connectivity index is 1.84. The molecule has 108 valence electrons. The molecule has 1 aromatic heterocycles.